The average molecular weight is 343 g/mol. The molecule has 25 heavy (non-hydrogen) atoms. The summed E-state index contributed by atoms with van der Waals surface area (Å²) in [6.45, 7) is 4.85. The number of benzene rings is 1. The molecule has 140 valence electrons. The summed E-state index contributed by atoms with van der Waals surface area (Å²) in [5.74, 6) is 0.589. The summed E-state index contributed by atoms with van der Waals surface area (Å²) in [7, 11) is 0. The van der Waals surface area contributed by atoms with Gasteiger partial charge in [-0.1, -0.05) is 57.7 Å². The minimum Gasteiger partial charge on any atom is -0.507 e. The van der Waals surface area contributed by atoms with Crippen LogP contribution < -0.4 is 0 Å². The fourth-order valence-corrected chi connectivity index (χ4v) is 4.06. The van der Waals surface area contributed by atoms with E-state index >= 15 is 0 Å². The maximum Gasteiger partial charge on any atom is 0.121 e. The number of para-hydroxylation sites is 1. The summed E-state index contributed by atoms with van der Waals surface area (Å²) in [4.78, 5) is 0. The lowest BCUT2D eigenvalue weighted by Gasteiger charge is -2.11. The summed E-state index contributed by atoms with van der Waals surface area (Å²) >= 11 is 0. The second kappa shape index (κ2) is 8.14. The monoisotopic (exact) mass is 342 g/mol. The Balaban J connectivity index is 1.33. The lowest BCUT2D eigenvalue weighted by molar-refractivity contribution is 0.450. The molecule has 0 heterocycles. The van der Waals surface area contributed by atoms with Crippen LogP contribution in [0.4, 0.5) is 0 Å². The molecule has 2 fully saturated rings. The van der Waals surface area contributed by atoms with E-state index < -0.39 is 0 Å². The second-order valence-electron chi connectivity index (χ2n) is 9.67. The molecule has 0 bridgehead atoms. The fraction of sp³-hybridized carbons (Fsp3) is 0.750. The number of unbranched alkanes of at least 4 members (excludes halogenated alkanes) is 4. The van der Waals surface area contributed by atoms with Crippen LogP contribution in [0, 0.1) is 10.8 Å². The van der Waals surface area contributed by atoms with Crippen molar-refractivity contribution in [2.24, 2.45) is 10.8 Å². The zero-order chi connectivity index (χ0) is 17.8. The third kappa shape index (κ3) is 6.04. The van der Waals surface area contributed by atoms with E-state index in [0.29, 0.717) is 16.6 Å². The van der Waals surface area contributed by atoms with Gasteiger partial charge in [0.1, 0.15) is 5.75 Å². The Bertz CT molecular complexity index is 505. The van der Waals surface area contributed by atoms with Crippen molar-refractivity contribution < 1.29 is 5.11 Å². The first-order chi connectivity index (χ1) is 12.0. The largest absolute Gasteiger partial charge is 0.507 e. The summed E-state index contributed by atoms with van der Waals surface area (Å²) in [5.41, 5.74) is 3.72. The molecule has 1 N–H and O–H groups in total. The third-order valence-electron chi connectivity index (χ3n) is 6.86. The maximum absolute atomic E-state index is 10.6. The Kier molecular flexibility index (Phi) is 6.12. The van der Waals surface area contributed by atoms with Crippen LogP contribution in [0.15, 0.2) is 18.2 Å². The van der Waals surface area contributed by atoms with E-state index in [2.05, 4.69) is 32.0 Å². The van der Waals surface area contributed by atoms with Gasteiger partial charge in [0.15, 0.2) is 0 Å². The van der Waals surface area contributed by atoms with E-state index in [1.165, 1.54) is 88.2 Å². The SMILES string of the molecule is CC1(CCCCCc2cccc(CCCCCC3(C)CC3)c2O)CC1. The lowest BCUT2D eigenvalue weighted by atomic mass is 9.96. The molecule has 0 saturated heterocycles. The quantitative estimate of drug-likeness (QED) is 0.398. The Hall–Kier alpha value is -0.980. The van der Waals surface area contributed by atoms with Crippen molar-refractivity contribution in [3.63, 3.8) is 0 Å². The van der Waals surface area contributed by atoms with E-state index in [9.17, 15) is 5.11 Å². The molecule has 1 nitrogen and oxygen atoms in total. The van der Waals surface area contributed by atoms with E-state index in [1.807, 2.05) is 0 Å². The number of phenols is 1. The lowest BCUT2D eigenvalue weighted by Crippen LogP contribution is -1.96. The Labute approximate surface area is 155 Å². The maximum atomic E-state index is 10.6. The first-order valence-corrected chi connectivity index (χ1v) is 10.8. The highest BCUT2D eigenvalue weighted by atomic mass is 16.3. The van der Waals surface area contributed by atoms with Gasteiger partial charge in [0.05, 0.1) is 0 Å². The average Bonchev–Trinajstić information content (AvgIpc) is 3.50. The Morgan fingerprint density at radius 3 is 1.56 bits per heavy atom. The normalized spacial score (nSPS) is 19.8. The molecule has 0 aliphatic heterocycles. The van der Waals surface area contributed by atoms with Crippen molar-refractivity contribution in [1.29, 1.82) is 0 Å². The number of aromatic hydroxyl groups is 1. The molecular weight excluding hydrogens is 304 g/mol. The van der Waals surface area contributed by atoms with E-state index in [-0.39, 0.29) is 0 Å². The smallest absolute Gasteiger partial charge is 0.121 e. The van der Waals surface area contributed by atoms with Crippen LogP contribution in [0.3, 0.4) is 0 Å². The summed E-state index contributed by atoms with van der Waals surface area (Å²) < 4.78 is 0. The van der Waals surface area contributed by atoms with Gasteiger partial charge in [-0.05, 0) is 86.2 Å². The van der Waals surface area contributed by atoms with E-state index in [1.54, 1.807) is 0 Å². The highest BCUT2D eigenvalue weighted by molar-refractivity contribution is 5.40. The van der Waals surface area contributed by atoms with Gasteiger partial charge in [-0.2, -0.15) is 0 Å². The molecule has 2 aliphatic carbocycles. The predicted octanol–water partition coefficient (Wildman–Crippen LogP) is 7.20. The number of hydrogen-bond acceptors (Lipinski definition) is 1. The number of hydrogen-bond donors (Lipinski definition) is 1. The highest BCUT2D eigenvalue weighted by Gasteiger charge is 2.36. The van der Waals surface area contributed by atoms with Gasteiger partial charge in [-0.25, -0.2) is 0 Å². The van der Waals surface area contributed by atoms with Gasteiger partial charge in [-0.3, -0.25) is 0 Å². The van der Waals surface area contributed by atoms with Crippen LogP contribution in [-0.4, -0.2) is 5.11 Å². The molecule has 2 saturated carbocycles. The second-order valence-corrected chi connectivity index (χ2v) is 9.67. The fourth-order valence-electron chi connectivity index (χ4n) is 4.06. The summed E-state index contributed by atoms with van der Waals surface area (Å²) in [6.07, 6.45) is 18.4. The minimum atomic E-state index is 0.589. The van der Waals surface area contributed by atoms with Gasteiger partial charge >= 0.3 is 0 Å². The molecule has 0 amide bonds. The molecule has 2 aliphatic rings. The molecule has 1 aromatic rings. The van der Waals surface area contributed by atoms with Crippen molar-refractivity contribution in [2.75, 3.05) is 0 Å². The topological polar surface area (TPSA) is 20.2 Å². The zero-order valence-electron chi connectivity index (χ0n) is 16.6. The molecule has 1 heteroatoms. The molecule has 0 radical (unpaired) electrons. The molecule has 0 spiro atoms. The predicted molar refractivity (Wildman–Crippen MR) is 107 cm³/mol. The third-order valence-corrected chi connectivity index (χ3v) is 6.86. The summed E-state index contributed by atoms with van der Waals surface area (Å²) in [6, 6.07) is 6.38. The highest BCUT2D eigenvalue weighted by Crippen LogP contribution is 2.49. The molecule has 0 aromatic heterocycles. The van der Waals surface area contributed by atoms with Crippen LogP contribution in [0.1, 0.15) is 102 Å². The Morgan fingerprint density at radius 2 is 1.16 bits per heavy atom. The molecule has 0 atom stereocenters. The first kappa shape index (κ1) is 18.8. The van der Waals surface area contributed by atoms with Gasteiger partial charge in [0.2, 0.25) is 0 Å². The molecule has 0 unspecified atom stereocenters. The molecule has 1 aromatic carbocycles. The number of aryl methyl sites for hydroxylation is 2. The van der Waals surface area contributed by atoms with Crippen molar-refractivity contribution in [3.05, 3.63) is 29.3 Å². The van der Waals surface area contributed by atoms with Gasteiger partial charge in [0, 0.05) is 0 Å². The van der Waals surface area contributed by atoms with Crippen molar-refractivity contribution in [1.82, 2.24) is 0 Å². The van der Waals surface area contributed by atoms with Crippen LogP contribution in [0.5, 0.6) is 5.75 Å². The number of rotatable bonds is 12. The van der Waals surface area contributed by atoms with E-state index in [0.717, 1.165) is 12.8 Å². The van der Waals surface area contributed by atoms with Crippen LogP contribution in [-0.2, 0) is 12.8 Å². The van der Waals surface area contributed by atoms with Crippen LogP contribution in [0.2, 0.25) is 0 Å². The minimum absolute atomic E-state index is 0.589. The van der Waals surface area contributed by atoms with Crippen LogP contribution in [0.25, 0.3) is 0 Å². The van der Waals surface area contributed by atoms with Crippen molar-refractivity contribution >= 4 is 0 Å². The van der Waals surface area contributed by atoms with E-state index in [4.69, 9.17) is 0 Å². The number of phenolic OH excluding ortho intramolecular Hbond substituents is 1. The Morgan fingerprint density at radius 1 is 0.720 bits per heavy atom. The first-order valence-electron chi connectivity index (χ1n) is 10.8. The summed E-state index contributed by atoms with van der Waals surface area (Å²) in [5, 5.41) is 10.6. The van der Waals surface area contributed by atoms with Gasteiger partial charge in [0.25, 0.3) is 0 Å². The van der Waals surface area contributed by atoms with Crippen LogP contribution >= 0.6 is 0 Å². The molecular formula is C24H38O. The van der Waals surface area contributed by atoms with Crippen molar-refractivity contribution in [2.45, 2.75) is 104 Å². The van der Waals surface area contributed by atoms with Gasteiger partial charge < -0.3 is 5.11 Å². The van der Waals surface area contributed by atoms with Gasteiger partial charge in [-0.15, -0.1) is 0 Å². The van der Waals surface area contributed by atoms with Crippen molar-refractivity contribution in [3.8, 4) is 5.75 Å². The standard InChI is InChI=1S/C24H38O/c1-23(16-17-23)14-7-3-5-10-20-12-9-13-21(22(20)25)11-6-4-8-15-24(2)18-19-24/h9,12-13,25H,3-8,10-11,14-19H2,1-2H3. The zero-order valence-corrected chi connectivity index (χ0v) is 16.6. The molecule has 3 rings (SSSR count).